The quantitative estimate of drug-likeness (QED) is 0.750. The fourth-order valence-corrected chi connectivity index (χ4v) is 2.13. The molecule has 2 rings (SSSR count). The highest BCUT2D eigenvalue weighted by molar-refractivity contribution is 5.66. The van der Waals surface area contributed by atoms with Crippen molar-refractivity contribution >= 4 is 6.08 Å². The van der Waals surface area contributed by atoms with E-state index in [9.17, 15) is 0 Å². The first-order valence-electron chi connectivity index (χ1n) is 5.14. The third-order valence-corrected chi connectivity index (χ3v) is 2.80. The van der Waals surface area contributed by atoms with Crippen LogP contribution < -0.4 is 0 Å². The number of benzene rings is 1. The normalized spacial score (nSPS) is 18.8. The number of hydrogen-bond donors (Lipinski definition) is 0. The van der Waals surface area contributed by atoms with Crippen LogP contribution >= 0.6 is 0 Å². The Hall–Kier alpha value is -1.12. The Morgan fingerprint density at radius 3 is 2.67 bits per heavy atom. The molecule has 0 saturated heterocycles. The van der Waals surface area contributed by atoms with Gasteiger partial charge in [-0.3, -0.25) is 0 Å². The summed E-state index contributed by atoms with van der Waals surface area (Å²) in [6.07, 6.45) is 2.21. The number of rotatable bonds is 4. The Bertz CT molecular complexity index is 369. The van der Waals surface area contributed by atoms with Gasteiger partial charge in [0.1, 0.15) is 0 Å². The molecule has 1 unspecified atom stereocenters. The van der Waals surface area contributed by atoms with Crippen molar-refractivity contribution in [2.75, 3.05) is 27.4 Å². The van der Waals surface area contributed by atoms with Crippen LogP contribution in [0.1, 0.15) is 17.0 Å². The van der Waals surface area contributed by atoms with Gasteiger partial charge in [-0.15, -0.1) is 0 Å². The number of fused-ring (bicyclic) bond motifs is 1. The van der Waals surface area contributed by atoms with Gasteiger partial charge in [-0.2, -0.15) is 0 Å². The van der Waals surface area contributed by atoms with Gasteiger partial charge in [0.25, 0.3) is 0 Å². The van der Waals surface area contributed by atoms with Crippen LogP contribution in [0, 0.1) is 0 Å². The third kappa shape index (κ3) is 1.96. The summed E-state index contributed by atoms with van der Waals surface area (Å²) >= 11 is 0. The van der Waals surface area contributed by atoms with Gasteiger partial charge >= 0.3 is 0 Å². The minimum absolute atomic E-state index is 0.367. The molecule has 2 nitrogen and oxygen atoms in total. The molecule has 1 aromatic carbocycles. The Kier molecular flexibility index (Phi) is 3.19. The zero-order valence-corrected chi connectivity index (χ0v) is 9.19. The molecule has 1 aliphatic carbocycles. The number of hydrogen-bond acceptors (Lipinski definition) is 2. The van der Waals surface area contributed by atoms with E-state index in [-0.39, 0.29) is 0 Å². The second-order valence-corrected chi connectivity index (χ2v) is 3.79. The average molecular weight is 204 g/mol. The maximum atomic E-state index is 5.26. The SMILES string of the molecule is COCC1=Cc2ccccc2C1COC. The minimum atomic E-state index is 0.367. The Morgan fingerprint density at radius 1 is 1.13 bits per heavy atom. The fraction of sp³-hybridized carbons (Fsp3) is 0.385. The number of ether oxygens (including phenoxy) is 2. The van der Waals surface area contributed by atoms with Crippen LogP contribution in [0.2, 0.25) is 0 Å². The van der Waals surface area contributed by atoms with E-state index in [0.29, 0.717) is 12.5 Å². The molecule has 0 bridgehead atoms. The van der Waals surface area contributed by atoms with E-state index >= 15 is 0 Å². The summed E-state index contributed by atoms with van der Waals surface area (Å²) in [4.78, 5) is 0. The lowest BCUT2D eigenvalue weighted by atomic mass is 9.97. The zero-order valence-electron chi connectivity index (χ0n) is 9.19. The van der Waals surface area contributed by atoms with E-state index < -0.39 is 0 Å². The van der Waals surface area contributed by atoms with Gasteiger partial charge < -0.3 is 9.47 Å². The van der Waals surface area contributed by atoms with Crippen molar-refractivity contribution in [3.8, 4) is 0 Å². The topological polar surface area (TPSA) is 18.5 Å². The second-order valence-electron chi connectivity index (χ2n) is 3.79. The van der Waals surface area contributed by atoms with Crippen LogP contribution in [0.3, 0.4) is 0 Å². The molecular formula is C13H16O2. The first-order valence-corrected chi connectivity index (χ1v) is 5.14. The predicted molar refractivity (Wildman–Crippen MR) is 60.9 cm³/mol. The standard InChI is InChI=1S/C13H16O2/c1-14-8-11-7-10-5-3-4-6-12(10)13(11)9-15-2/h3-7,13H,8-9H2,1-2H3. The summed E-state index contributed by atoms with van der Waals surface area (Å²) in [5.74, 6) is 0.367. The maximum Gasteiger partial charge on any atom is 0.0683 e. The molecule has 0 radical (unpaired) electrons. The van der Waals surface area contributed by atoms with Gasteiger partial charge in [0, 0.05) is 20.1 Å². The van der Waals surface area contributed by atoms with Crippen LogP contribution in [0.4, 0.5) is 0 Å². The second kappa shape index (κ2) is 4.60. The first-order chi connectivity index (χ1) is 7.36. The molecule has 0 aromatic heterocycles. The van der Waals surface area contributed by atoms with E-state index in [4.69, 9.17) is 9.47 Å². The lowest BCUT2D eigenvalue weighted by Crippen LogP contribution is -2.09. The van der Waals surface area contributed by atoms with Gasteiger partial charge in [0.15, 0.2) is 0 Å². The van der Waals surface area contributed by atoms with Crippen molar-refractivity contribution in [1.29, 1.82) is 0 Å². The molecule has 0 aliphatic heterocycles. The van der Waals surface area contributed by atoms with Gasteiger partial charge in [-0.25, -0.2) is 0 Å². The number of methoxy groups -OCH3 is 2. The van der Waals surface area contributed by atoms with Gasteiger partial charge in [0.05, 0.1) is 13.2 Å². The van der Waals surface area contributed by atoms with Gasteiger partial charge in [0.2, 0.25) is 0 Å². The summed E-state index contributed by atoms with van der Waals surface area (Å²) in [5.41, 5.74) is 3.96. The highest BCUT2D eigenvalue weighted by Crippen LogP contribution is 2.36. The summed E-state index contributed by atoms with van der Waals surface area (Å²) in [7, 11) is 3.47. The molecular weight excluding hydrogens is 188 g/mol. The predicted octanol–water partition coefficient (Wildman–Crippen LogP) is 2.46. The van der Waals surface area contributed by atoms with Crippen molar-refractivity contribution in [3.63, 3.8) is 0 Å². The summed E-state index contributed by atoms with van der Waals surface area (Å²) < 4.78 is 10.5. The molecule has 1 atom stereocenters. The molecule has 0 saturated carbocycles. The van der Waals surface area contributed by atoms with Crippen LogP contribution in [-0.2, 0) is 9.47 Å². The summed E-state index contributed by atoms with van der Waals surface area (Å²) in [5, 5.41) is 0. The van der Waals surface area contributed by atoms with Crippen molar-refractivity contribution in [2.45, 2.75) is 5.92 Å². The summed E-state index contributed by atoms with van der Waals surface area (Å²) in [6, 6.07) is 8.44. The van der Waals surface area contributed by atoms with Crippen LogP contribution in [-0.4, -0.2) is 27.4 Å². The largest absolute Gasteiger partial charge is 0.384 e. The molecule has 0 fully saturated rings. The molecule has 80 valence electrons. The molecule has 15 heavy (non-hydrogen) atoms. The van der Waals surface area contributed by atoms with Crippen LogP contribution in [0.25, 0.3) is 6.08 Å². The first kappa shape index (κ1) is 10.4. The Labute approximate surface area is 90.5 Å². The lowest BCUT2D eigenvalue weighted by molar-refractivity contribution is 0.174. The molecule has 0 heterocycles. The van der Waals surface area contributed by atoms with Crippen molar-refractivity contribution in [1.82, 2.24) is 0 Å². The van der Waals surface area contributed by atoms with Crippen molar-refractivity contribution in [2.24, 2.45) is 0 Å². The van der Waals surface area contributed by atoms with Crippen molar-refractivity contribution < 1.29 is 9.47 Å². The van der Waals surface area contributed by atoms with Crippen LogP contribution in [0.5, 0.6) is 0 Å². The maximum absolute atomic E-state index is 5.26. The molecule has 1 aliphatic rings. The van der Waals surface area contributed by atoms with E-state index in [1.54, 1.807) is 14.2 Å². The smallest absolute Gasteiger partial charge is 0.0683 e. The van der Waals surface area contributed by atoms with E-state index in [1.165, 1.54) is 16.7 Å². The van der Waals surface area contributed by atoms with E-state index in [0.717, 1.165) is 6.61 Å². The molecule has 0 N–H and O–H groups in total. The Morgan fingerprint density at radius 2 is 1.93 bits per heavy atom. The van der Waals surface area contributed by atoms with Gasteiger partial charge in [-0.1, -0.05) is 30.3 Å². The summed E-state index contributed by atoms with van der Waals surface area (Å²) in [6.45, 7) is 1.41. The van der Waals surface area contributed by atoms with E-state index in [2.05, 4.69) is 30.3 Å². The lowest BCUT2D eigenvalue weighted by Gasteiger charge is -2.15. The highest BCUT2D eigenvalue weighted by Gasteiger charge is 2.24. The van der Waals surface area contributed by atoms with E-state index in [1.807, 2.05) is 0 Å². The van der Waals surface area contributed by atoms with Gasteiger partial charge in [-0.05, 0) is 16.7 Å². The molecule has 2 heteroatoms. The minimum Gasteiger partial charge on any atom is -0.384 e. The molecule has 0 spiro atoms. The monoisotopic (exact) mass is 204 g/mol. The fourth-order valence-electron chi connectivity index (χ4n) is 2.13. The third-order valence-electron chi connectivity index (χ3n) is 2.80. The molecule has 1 aromatic rings. The van der Waals surface area contributed by atoms with Crippen molar-refractivity contribution in [3.05, 3.63) is 41.0 Å². The van der Waals surface area contributed by atoms with Crippen LogP contribution in [0.15, 0.2) is 29.8 Å². The average Bonchev–Trinajstić information content (AvgIpc) is 2.59. The Balaban J connectivity index is 2.29. The highest BCUT2D eigenvalue weighted by atomic mass is 16.5. The zero-order chi connectivity index (χ0) is 10.7. The molecule has 0 amide bonds.